The molecule has 1 aliphatic rings. The van der Waals surface area contributed by atoms with Gasteiger partial charge in [0.15, 0.2) is 5.84 Å². The molecule has 1 rings (SSSR count). The fraction of sp³-hybridized carbons (Fsp3) is 0.833. The maximum Gasteiger partial charge on any atom is 0.233 e. The predicted octanol–water partition coefficient (Wildman–Crippen LogP) is 0.785. The molecule has 6 heteroatoms. The molecule has 0 aromatic rings. The number of carbonyl (C=O) groups excluding carboxylic acids is 1. The van der Waals surface area contributed by atoms with Crippen molar-refractivity contribution in [2.24, 2.45) is 16.8 Å². The van der Waals surface area contributed by atoms with Gasteiger partial charge in [0.25, 0.3) is 0 Å². The van der Waals surface area contributed by atoms with Crippen molar-refractivity contribution in [2.45, 2.75) is 45.8 Å². The smallest absolute Gasteiger partial charge is 0.233 e. The van der Waals surface area contributed by atoms with Gasteiger partial charge in [-0.2, -0.15) is 0 Å². The predicted molar refractivity (Wildman–Crippen MR) is 68.4 cm³/mol. The molecule has 104 valence electrons. The van der Waals surface area contributed by atoms with Crippen LogP contribution >= 0.6 is 0 Å². The molecular formula is C12H23N3O3. The Kier molecular flexibility index (Phi) is 4.56. The molecule has 2 atom stereocenters. The number of morpholine rings is 1. The molecule has 0 aromatic carbocycles. The third-order valence-electron chi connectivity index (χ3n) is 3.06. The van der Waals surface area contributed by atoms with E-state index in [-0.39, 0.29) is 23.4 Å². The molecular weight excluding hydrogens is 234 g/mol. The average molecular weight is 257 g/mol. The number of nitrogens with two attached hydrogens (primary N) is 1. The summed E-state index contributed by atoms with van der Waals surface area (Å²) in [5, 5.41) is 11.7. The van der Waals surface area contributed by atoms with E-state index in [9.17, 15) is 4.79 Å². The van der Waals surface area contributed by atoms with Crippen LogP contribution in [0.4, 0.5) is 0 Å². The summed E-state index contributed by atoms with van der Waals surface area (Å²) >= 11 is 0. The summed E-state index contributed by atoms with van der Waals surface area (Å²) in [6.45, 7) is 8.74. The summed E-state index contributed by atoms with van der Waals surface area (Å²) in [6, 6.07) is 0. The Balaban J connectivity index is 2.82. The van der Waals surface area contributed by atoms with E-state index in [1.807, 2.05) is 27.7 Å². The molecule has 1 heterocycles. The molecule has 0 spiro atoms. The van der Waals surface area contributed by atoms with E-state index >= 15 is 0 Å². The highest BCUT2D eigenvalue weighted by Crippen LogP contribution is 2.22. The van der Waals surface area contributed by atoms with Gasteiger partial charge in [0.1, 0.15) is 0 Å². The summed E-state index contributed by atoms with van der Waals surface area (Å²) in [4.78, 5) is 14.1. The first-order valence-corrected chi connectivity index (χ1v) is 6.24. The van der Waals surface area contributed by atoms with Gasteiger partial charge in [-0.1, -0.05) is 12.1 Å². The lowest BCUT2D eigenvalue weighted by molar-refractivity contribution is -0.160. The van der Waals surface area contributed by atoms with E-state index in [0.29, 0.717) is 19.5 Å². The second kappa shape index (κ2) is 5.56. The zero-order chi connectivity index (χ0) is 13.9. The van der Waals surface area contributed by atoms with Gasteiger partial charge in [0.05, 0.1) is 17.6 Å². The number of nitrogens with zero attached hydrogens (tertiary/aromatic N) is 2. The van der Waals surface area contributed by atoms with Crippen LogP contribution in [0.15, 0.2) is 5.16 Å². The number of rotatable bonds is 3. The first-order chi connectivity index (χ1) is 8.30. The van der Waals surface area contributed by atoms with Gasteiger partial charge >= 0.3 is 0 Å². The largest absolute Gasteiger partial charge is 0.409 e. The lowest BCUT2D eigenvalue weighted by Crippen LogP contribution is -2.56. The molecule has 0 aliphatic carbocycles. The van der Waals surface area contributed by atoms with Crippen LogP contribution < -0.4 is 5.73 Å². The Bertz CT molecular complexity index is 341. The van der Waals surface area contributed by atoms with Gasteiger partial charge < -0.3 is 20.6 Å². The highest BCUT2D eigenvalue weighted by molar-refractivity contribution is 6.02. The number of hydrogen-bond donors (Lipinski definition) is 2. The molecule has 0 aromatic heterocycles. The number of oxime groups is 1. The third kappa shape index (κ3) is 3.35. The van der Waals surface area contributed by atoms with Crippen molar-refractivity contribution in [1.29, 1.82) is 0 Å². The number of ether oxygens (including phenoxy) is 1. The summed E-state index contributed by atoms with van der Waals surface area (Å²) in [5.41, 5.74) is 5.19. The molecule has 1 fully saturated rings. The molecule has 0 bridgehead atoms. The van der Waals surface area contributed by atoms with Crippen LogP contribution in [0.5, 0.6) is 0 Å². The van der Waals surface area contributed by atoms with Gasteiger partial charge in [0, 0.05) is 13.1 Å². The fourth-order valence-corrected chi connectivity index (χ4v) is 2.42. The van der Waals surface area contributed by atoms with Crippen molar-refractivity contribution in [1.82, 2.24) is 4.90 Å². The number of hydrogen-bond acceptors (Lipinski definition) is 4. The lowest BCUT2D eigenvalue weighted by Gasteiger charge is -2.42. The van der Waals surface area contributed by atoms with Crippen molar-refractivity contribution in [2.75, 3.05) is 13.1 Å². The minimum atomic E-state index is -0.559. The Hall–Kier alpha value is -1.30. The summed E-state index contributed by atoms with van der Waals surface area (Å²) in [5.74, 6) is -0.688. The molecule has 6 nitrogen and oxygen atoms in total. The van der Waals surface area contributed by atoms with E-state index in [2.05, 4.69) is 5.16 Å². The van der Waals surface area contributed by atoms with Gasteiger partial charge in [-0.25, -0.2) is 0 Å². The van der Waals surface area contributed by atoms with Crippen LogP contribution in [-0.2, 0) is 9.53 Å². The first kappa shape index (κ1) is 14.8. The standard InChI is InChI=1S/C12H23N3O3/c1-5-9(10(13)14-17)11(16)15-6-8(2)18-12(3,4)7-15/h8-9,17H,5-7H2,1-4H3,(H2,13,14). The van der Waals surface area contributed by atoms with E-state index in [4.69, 9.17) is 15.7 Å². The minimum absolute atomic E-state index is 0.0116. The van der Waals surface area contributed by atoms with Crippen molar-refractivity contribution in [3.8, 4) is 0 Å². The van der Waals surface area contributed by atoms with Crippen LogP contribution in [0.1, 0.15) is 34.1 Å². The van der Waals surface area contributed by atoms with Crippen LogP contribution in [0, 0.1) is 5.92 Å². The summed E-state index contributed by atoms with van der Waals surface area (Å²) in [6.07, 6.45) is 0.503. The molecule has 3 N–H and O–H groups in total. The average Bonchev–Trinajstić information content (AvgIpc) is 2.26. The second-order valence-corrected chi connectivity index (χ2v) is 5.39. The first-order valence-electron chi connectivity index (χ1n) is 6.24. The van der Waals surface area contributed by atoms with Gasteiger partial charge in [-0.05, 0) is 27.2 Å². The lowest BCUT2D eigenvalue weighted by atomic mass is 10.00. The topological polar surface area (TPSA) is 88.2 Å². The van der Waals surface area contributed by atoms with Gasteiger partial charge in [-0.3, -0.25) is 4.79 Å². The van der Waals surface area contributed by atoms with E-state index in [1.54, 1.807) is 4.90 Å². The number of amides is 1. The molecule has 1 saturated heterocycles. The molecule has 18 heavy (non-hydrogen) atoms. The van der Waals surface area contributed by atoms with Crippen molar-refractivity contribution < 1.29 is 14.7 Å². The summed E-state index contributed by atoms with van der Waals surface area (Å²) in [7, 11) is 0. The molecule has 0 radical (unpaired) electrons. The SMILES string of the molecule is CCC(C(=O)N1CC(C)OC(C)(C)C1)C(N)=NO. The summed E-state index contributed by atoms with van der Waals surface area (Å²) < 4.78 is 5.75. The van der Waals surface area contributed by atoms with Gasteiger partial charge in [0.2, 0.25) is 5.91 Å². The number of carbonyl (C=O) groups is 1. The highest BCUT2D eigenvalue weighted by Gasteiger charge is 2.36. The Morgan fingerprint density at radius 1 is 1.67 bits per heavy atom. The monoisotopic (exact) mass is 257 g/mol. The van der Waals surface area contributed by atoms with Gasteiger partial charge in [-0.15, -0.1) is 0 Å². The zero-order valence-electron chi connectivity index (χ0n) is 11.5. The molecule has 0 saturated carbocycles. The quantitative estimate of drug-likeness (QED) is 0.338. The molecule has 1 aliphatic heterocycles. The Labute approximate surface area is 108 Å². The minimum Gasteiger partial charge on any atom is -0.409 e. The Morgan fingerprint density at radius 2 is 2.28 bits per heavy atom. The van der Waals surface area contributed by atoms with Crippen LogP contribution in [-0.4, -0.2) is 46.6 Å². The number of amidine groups is 1. The normalized spacial score (nSPS) is 25.9. The maximum atomic E-state index is 12.4. The van der Waals surface area contributed by atoms with Crippen LogP contribution in [0.25, 0.3) is 0 Å². The van der Waals surface area contributed by atoms with E-state index < -0.39 is 5.92 Å². The van der Waals surface area contributed by atoms with Crippen LogP contribution in [0.3, 0.4) is 0 Å². The van der Waals surface area contributed by atoms with Crippen molar-refractivity contribution in [3.63, 3.8) is 0 Å². The van der Waals surface area contributed by atoms with E-state index in [1.165, 1.54) is 0 Å². The maximum absolute atomic E-state index is 12.4. The Morgan fingerprint density at radius 3 is 2.72 bits per heavy atom. The highest BCUT2D eigenvalue weighted by atomic mass is 16.5. The zero-order valence-corrected chi connectivity index (χ0v) is 11.5. The van der Waals surface area contributed by atoms with Crippen LogP contribution in [0.2, 0.25) is 0 Å². The van der Waals surface area contributed by atoms with Crippen molar-refractivity contribution in [3.05, 3.63) is 0 Å². The fourth-order valence-electron chi connectivity index (χ4n) is 2.42. The molecule has 2 unspecified atom stereocenters. The van der Waals surface area contributed by atoms with E-state index in [0.717, 1.165) is 0 Å². The second-order valence-electron chi connectivity index (χ2n) is 5.39. The third-order valence-corrected chi connectivity index (χ3v) is 3.06. The van der Waals surface area contributed by atoms with Crippen molar-refractivity contribution >= 4 is 11.7 Å². The molecule has 1 amide bonds.